The van der Waals surface area contributed by atoms with Crippen molar-refractivity contribution in [3.63, 3.8) is 0 Å². The highest BCUT2D eigenvalue weighted by atomic mass is 35.5. The second-order valence-corrected chi connectivity index (χ2v) is 8.75. The number of benzene rings is 2. The number of halogens is 1. The quantitative estimate of drug-likeness (QED) is 0.779. The van der Waals surface area contributed by atoms with Gasteiger partial charge in [0.1, 0.15) is 5.84 Å². The van der Waals surface area contributed by atoms with E-state index in [4.69, 9.17) is 22.3 Å². The lowest BCUT2D eigenvalue weighted by molar-refractivity contribution is -0.134. The zero-order valence-corrected chi connectivity index (χ0v) is 18.2. The van der Waals surface area contributed by atoms with E-state index in [9.17, 15) is 4.79 Å². The molecule has 7 heteroatoms. The Hall–Kier alpha value is -2.57. The van der Waals surface area contributed by atoms with Crippen LogP contribution in [0.4, 0.5) is 17.1 Å². The van der Waals surface area contributed by atoms with E-state index in [2.05, 4.69) is 36.2 Å². The van der Waals surface area contributed by atoms with Crippen molar-refractivity contribution in [2.45, 2.75) is 26.3 Å². The second kappa shape index (κ2) is 8.66. The number of carbonyl (C=O) groups excluding carboxylic acids is 1. The van der Waals surface area contributed by atoms with E-state index in [0.29, 0.717) is 43.5 Å². The van der Waals surface area contributed by atoms with Gasteiger partial charge in [0.2, 0.25) is 5.91 Å². The molecule has 3 N–H and O–H groups in total. The summed E-state index contributed by atoms with van der Waals surface area (Å²) in [5.74, 6) is 1.35. The maximum absolute atomic E-state index is 12.7. The van der Waals surface area contributed by atoms with E-state index in [1.165, 1.54) is 0 Å². The van der Waals surface area contributed by atoms with E-state index >= 15 is 0 Å². The minimum Gasteiger partial charge on any atom is -0.353 e. The number of nitrogens with zero attached hydrogens (tertiary/aromatic N) is 3. The molecule has 6 nitrogen and oxygen atoms in total. The number of hydrogen-bond acceptors (Lipinski definition) is 5. The number of nitrogens with two attached hydrogens (primary N) is 1. The van der Waals surface area contributed by atoms with Gasteiger partial charge in [0.15, 0.2) is 0 Å². The van der Waals surface area contributed by atoms with Crippen molar-refractivity contribution >= 4 is 40.4 Å². The predicted molar refractivity (Wildman–Crippen MR) is 123 cm³/mol. The highest BCUT2D eigenvalue weighted by Gasteiger charge is 2.29. The highest BCUT2D eigenvalue weighted by molar-refractivity contribution is 6.31. The van der Waals surface area contributed by atoms with E-state index in [1.807, 2.05) is 35.2 Å². The Morgan fingerprint density at radius 2 is 1.87 bits per heavy atom. The van der Waals surface area contributed by atoms with E-state index < -0.39 is 6.04 Å². The third kappa shape index (κ3) is 4.30. The molecule has 2 heterocycles. The number of nitrogens with one attached hydrogen (secondary N) is 1. The SMILES string of the molecule is CC(C)C[C@H](N)C(=O)N1CCN(C2=Nc3cc(Cl)ccc3Nc3ccccc32)CC1. The van der Waals surface area contributed by atoms with Crippen LogP contribution in [0.25, 0.3) is 0 Å². The third-order valence-electron chi connectivity index (χ3n) is 5.56. The molecule has 0 saturated carbocycles. The first-order chi connectivity index (χ1) is 14.4. The van der Waals surface area contributed by atoms with Crippen LogP contribution in [-0.4, -0.2) is 53.8 Å². The lowest BCUT2D eigenvalue weighted by Gasteiger charge is -2.37. The average molecular weight is 426 g/mol. The summed E-state index contributed by atoms with van der Waals surface area (Å²) in [6.07, 6.45) is 0.711. The molecule has 1 fully saturated rings. The smallest absolute Gasteiger partial charge is 0.239 e. The van der Waals surface area contributed by atoms with Crippen molar-refractivity contribution < 1.29 is 4.79 Å². The van der Waals surface area contributed by atoms with E-state index in [-0.39, 0.29) is 5.91 Å². The summed E-state index contributed by atoms with van der Waals surface area (Å²) in [4.78, 5) is 21.8. The van der Waals surface area contributed by atoms with Gasteiger partial charge in [-0.1, -0.05) is 37.6 Å². The first-order valence-corrected chi connectivity index (χ1v) is 10.8. The standard InChI is InChI=1S/C23H28ClN5O/c1-15(2)13-18(25)23(30)29-11-9-28(10-12-29)22-17-5-3-4-6-19(17)26-20-8-7-16(24)14-21(20)27-22/h3-8,14-15,18,26H,9-13,25H2,1-2H3/t18-/m0/s1. The number of amides is 1. The maximum atomic E-state index is 12.7. The zero-order chi connectivity index (χ0) is 21.3. The molecule has 158 valence electrons. The number of amidine groups is 1. The fourth-order valence-electron chi connectivity index (χ4n) is 4.03. The van der Waals surface area contributed by atoms with Gasteiger partial charge in [0, 0.05) is 42.5 Å². The summed E-state index contributed by atoms with van der Waals surface area (Å²) in [5, 5.41) is 4.13. The maximum Gasteiger partial charge on any atom is 0.239 e. The predicted octanol–water partition coefficient (Wildman–Crippen LogP) is 3.99. The molecular weight excluding hydrogens is 398 g/mol. The van der Waals surface area contributed by atoms with Crippen LogP contribution in [-0.2, 0) is 4.79 Å². The molecule has 1 saturated heterocycles. The van der Waals surface area contributed by atoms with Crippen LogP contribution in [0.5, 0.6) is 0 Å². The molecule has 0 radical (unpaired) electrons. The molecule has 1 amide bonds. The number of hydrogen-bond donors (Lipinski definition) is 2. The molecule has 0 aliphatic carbocycles. The lowest BCUT2D eigenvalue weighted by atomic mass is 10.0. The van der Waals surface area contributed by atoms with Crippen LogP contribution in [0.3, 0.4) is 0 Å². The summed E-state index contributed by atoms with van der Waals surface area (Å²) < 4.78 is 0. The Labute approximate surface area is 182 Å². The van der Waals surface area contributed by atoms with Gasteiger partial charge in [0.05, 0.1) is 17.4 Å². The molecule has 0 spiro atoms. The van der Waals surface area contributed by atoms with Gasteiger partial charge in [-0.05, 0) is 42.7 Å². The first kappa shape index (κ1) is 20.7. The molecule has 2 aromatic carbocycles. The van der Waals surface area contributed by atoms with Crippen molar-refractivity contribution in [2.75, 3.05) is 31.5 Å². The minimum absolute atomic E-state index is 0.0466. The molecule has 2 aliphatic rings. The molecule has 30 heavy (non-hydrogen) atoms. The van der Waals surface area contributed by atoms with Gasteiger partial charge < -0.3 is 20.9 Å². The zero-order valence-electron chi connectivity index (χ0n) is 17.4. The number of rotatable bonds is 3. The van der Waals surface area contributed by atoms with Crippen molar-refractivity contribution in [2.24, 2.45) is 16.6 Å². The number of para-hydroxylation sites is 1. The molecule has 0 bridgehead atoms. The number of aliphatic imine (C=N–C) groups is 1. The lowest BCUT2D eigenvalue weighted by Crippen LogP contribution is -2.54. The number of piperazine rings is 1. The largest absolute Gasteiger partial charge is 0.353 e. The summed E-state index contributed by atoms with van der Waals surface area (Å²) in [5.41, 5.74) is 9.92. The van der Waals surface area contributed by atoms with Crippen molar-refractivity contribution in [1.29, 1.82) is 0 Å². The van der Waals surface area contributed by atoms with Crippen molar-refractivity contribution in [1.82, 2.24) is 9.80 Å². The molecule has 0 aromatic heterocycles. The molecule has 2 aromatic rings. The Morgan fingerprint density at radius 1 is 1.13 bits per heavy atom. The highest BCUT2D eigenvalue weighted by Crippen LogP contribution is 2.36. The number of fused-ring (bicyclic) bond motifs is 2. The van der Waals surface area contributed by atoms with E-state index in [0.717, 1.165) is 28.5 Å². The van der Waals surface area contributed by atoms with Crippen LogP contribution in [0.2, 0.25) is 5.02 Å². The van der Waals surface area contributed by atoms with Gasteiger partial charge >= 0.3 is 0 Å². The van der Waals surface area contributed by atoms with Crippen molar-refractivity contribution in [3.05, 3.63) is 53.1 Å². The summed E-state index contributed by atoms with van der Waals surface area (Å²) in [6.45, 7) is 6.88. The summed E-state index contributed by atoms with van der Waals surface area (Å²) in [7, 11) is 0. The van der Waals surface area contributed by atoms with Gasteiger partial charge in [-0.15, -0.1) is 0 Å². The van der Waals surface area contributed by atoms with Gasteiger partial charge in [-0.25, -0.2) is 4.99 Å². The fourth-order valence-corrected chi connectivity index (χ4v) is 4.20. The summed E-state index contributed by atoms with van der Waals surface area (Å²) >= 11 is 6.23. The second-order valence-electron chi connectivity index (χ2n) is 8.32. The molecule has 2 aliphatic heterocycles. The topological polar surface area (TPSA) is 74.0 Å². The van der Waals surface area contributed by atoms with Crippen LogP contribution in [0.1, 0.15) is 25.8 Å². The Morgan fingerprint density at radius 3 is 2.60 bits per heavy atom. The van der Waals surface area contributed by atoms with Crippen molar-refractivity contribution in [3.8, 4) is 0 Å². The van der Waals surface area contributed by atoms with Crippen LogP contribution >= 0.6 is 11.6 Å². The van der Waals surface area contributed by atoms with Crippen LogP contribution < -0.4 is 11.1 Å². The molecule has 0 unspecified atom stereocenters. The third-order valence-corrected chi connectivity index (χ3v) is 5.79. The number of carbonyl (C=O) groups is 1. The van der Waals surface area contributed by atoms with E-state index in [1.54, 1.807) is 0 Å². The Kier molecular flexibility index (Phi) is 5.97. The fraction of sp³-hybridized carbons (Fsp3) is 0.391. The molecule has 1 atom stereocenters. The van der Waals surface area contributed by atoms with Gasteiger partial charge in [-0.2, -0.15) is 0 Å². The average Bonchev–Trinajstić information content (AvgIpc) is 2.89. The minimum atomic E-state index is -0.425. The molecular formula is C23H28ClN5O. The Bertz CT molecular complexity index is 966. The first-order valence-electron chi connectivity index (χ1n) is 10.5. The van der Waals surface area contributed by atoms with Crippen LogP contribution in [0.15, 0.2) is 47.5 Å². The normalized spacial score (nSPS) is 16.9. The molecule has 4 rings (SSSR count). The van der Waals surface area contributed by atoms with Crippen LogP contribution in [0, 0.1) is 5.92 Å². The van der Waals surface area contributed by atoms with Gasteiger partial charge in [0.25, 0.3) is 0 Å². The Balaban J connectivity index is 1.57. The monoisotopic (exact) mass is 425 g/mol. The number of anilines is 2. The van der Waals surface area contributed by atoms with Gasteiger partial charge in [-0.3, -0.25) is 4.79 Å². The summed E-state index contributed by atoms with van der Waals surface area (Å²) in [6, 6.07) is 13.4.